The first-order valence-corrected chi connectivity index (χ1v) is 8.58. The Balaban J connectivity index is 1.75. The maximum atomic E-state index is 12.3. The smallest absolute Gasteiger partial charge is 0.255 e. The number of anilines is 2. The van der Waals surface area contributed by atoms with E-state index in [1.165, 1.54) is 0 Å². The van der Waals surface area contributed by atoms with Gasteiger partial charge in [0.05, 0.1) is 17.3 Å². The van der Waals surface area contributed by atoms with Gasteiger partial charge in [-0.3, -0.25) is 9.59 Å². The number of piperazine rings is 1. The van der Waals surface area contributed by atoms with Crippen LogP contribution in [0.4, 0.5) is 11.4 Å². The van der Waals surface area contributed by atoms with Gasteiger partial charge in [-0.1, -0.05) is 33.6 Å². The normalized spacial score (nSPS) is 14.2. The van der Waals surface area contributed by atoms with Gasteiger partial charge in [-0.05, 0) is 36.4 Å². The molecule has 1 heterocycles. The first-order valence-electron chi connectivity index (χ1n) is 7.41. The first kappa shape index (κ1) is 16.8. The van der Waals surface area contributed by atoms with E-state index < -0.39 is 0 Å². The Morgan fingerprint density at radius 3 is 2.79 bits per heavy atom. The van der Waals surface area contributed by atoms with Gasteiger partial charge < -0.3 is 15.5 Å². The monoisotopic (exact) mass is 407 g/mol. The van der Waals surface area contributed by atoms with Gasteiger partial charge in [-0.25, -0.2) is 0 Å². The van der Waals surface area contributed by atoms with Gasteiger partial charge in [-0.2, -0.15) is 0 Å². The summed E-state index contributed by atoms with van der Waals surface area (Å²) in [4.78, 5) is 25.7. The van der Waals surface area contributed by atoms with Crippen molar-refractivity contribution in [3.63, 3.8) is 0 Å². The lowest BCUT2D eigenvalue weighted by Crippen LogP contribution is -2.47. The summed E-state index contributed by atoms with van der Waals surface area (Å²) in [5.74, 6) is -0.234. The van der Waals surface area contributed by atoms with Crippen molar-refractivity contribution < 1.29 is 9.59 Å². The summed E-state index contributed by atoms with van der Waals surface area (Å²) in [5.41, 5.74) is 1.94. The van der Waals surface area contributed by atoms with E-state index in [0.717, 1.165) is 10.2 Å². The van der Waals surface area contributed by atoms with E-state index in [9.17, 15) is 9.59 Å². The van der Waals surface area contributed by atoms with Crippen molar-refractivity contribution in [2.24, 2.45) is 0 Å². The molecule has 2 amide bonds. The lowest BCUT2D eigenvalue weighted by Gasteiger charge is -2.29. The van der Waals surface area contributed by atoms with Crippen LogP contribution in [0.2, 0.25) is 5.02 Å². The average molecular weight is 409 g/mol. The Labute approximate surface area is 153 Å². The zero-order chi connectivity index (χ0) is 17.1. The molecular weight excluding hydrogens is 394 g/mol. The largest absolute Gasteiger partial charge is 0.359 e. The molecule has 0 saturated carbocycles. The highest BCUT2D eigenvalue weighted by Crippen LogP contribution is 2.29. The third-order valence-corrected chi connectivity index (χ3v) is 4.47. The third-order valence-electron chi connectivity index (χ3n) is 3.67. The van der Waals surface area contributed by atoms with Crippen LogP contribution in [-0.4, -0.2) is 31.4 Å². The number of benzene rings is 2. The molecule has 2 aromatic rings. The highest BCUT2D eigenvalue weighted by atomic mass is 79.9. The van der Waals surface area contributed by atoms with E-state index in [1.807, 2.05) is 17.0 Å². The zero-order valence-electron chi connectivity index (χ0n) is 12.7. The molecule has 0 atom stereocenters. The van der Waals surface area contributed by atoms with Crippen LogP contribution >= 0.6 is 27.5 Å². The number of hydrogen-bond donors (Lipinski definition) is 2. The molecule has 0 aliphatic carbocycles. The maximum absolute atomic E-state index is 12.3. The molecule has 1 saturated heterocycles. The van der Waals surface area contributed by atoms with Gasteiger partial charge in [0.25, 0.3) is 5.91 Å². The Hall–Kier alpha value is -2.05. The second-order valence-electron chi connectivity index (χ2n) is 5.40. The number of carbonyl (C=O) groups is 2. The molecule has 0 spiro atoms. The topological polar surface area (TPSA) is 61.4 Å². The molecule has 1 aliphatic heterocycles. The van der Waals surface area contributed by atoms with E-state index >= 15 is 0 Å². The van der Waals surface area contributed by atoms with Crippen LogP contribution in [0.25, 0.3) is 0 Å². The maximum Gasteiger partial charge on any atom is 0.255 e. The summed E-state index contributed by atoms with van der Waals surface area (Å²) >= 11 is 9.68. The Morgan fingerprint density at radius 2 is 2.08 bits per heavy atom. The minimum atomic E-state index is -0.211. The molecular formula is C17H15BrClN3O2. The minimum Gasteiger partial charge on any atom is -0.359 e. The summed E-state index contributed by atoms with van der Waals surface area (Å²) in [5, 5.41) is 6.10. The van der Waals surface area contributed by atoms with Gasteiger partial charge in [0.1, 0.15) is 0 Å². The Morgan fingerprint density at radius 1 is 1.25 bits per heavy atom. The molecule has 2 N–H and O–H groups in total. The second-order valence-corrected chi connectivity index (χ2v) is 6.73. The van der Waals surface area contributed by atoms with Crippen LogP contribution < -0.4 is 15.5 Å². The van der Waals surface area contributed by atoms with E-state index in [4.69, 9.17) is 11.6 Å². The molecule has 2 aromatic carbocycles. The highest BCUT2D eigenvalue weighted by Gasteiger charge is 2.19. The van der Waals surface area contributed by atoms with Crippen molar-refractivity contribution in [1.82, 2.24) is 5.32 Å². The van der Waals surface area contributed by atoms with Crippen LogP contribution in [0.1, 0.15) is 10.4 Å². The number of amides is 2. The summed E-state index contributed by atoms with van der Waals surface area (Å²) in [6.07, 6.45) is 0. The lowest BCUT2D eigenvalue weighted by molar-refractivity contribution is -0.120. The number of halogens is 2. The van der Waals surface area contributed by atoms with Crippen LogP contribution in [0, 0.1) is 0 Å². The van der Waals surface area contributed by atoms with E-state index in [-0.39, 0.29) is 18.4 Å². The Kier molecular flexibility index (Phi) is 5.06. The zero-order valence-corrected chi connectivity index (χ0v) is 15.0. The Bertz CT molecular complexity index is 797. The van der Waals surface area contributed by atoms with Crippen LogP contribution in [0.15, 0.2) is 46.9 Å². The number of nitrogens with one attached hydrogen (secondary N) is 2. The van der Waals surface area contributed by atoms with Gasteiger partial charge in [0, 0.05) is 28.8 Å². The van der Waals surface area contributed by atoms with Crippen molar-refractivity contribution in [3.05, 3.63) is 57.5 Å². The number of hydrogen-bond acceptors (Lipinski definition) is 3. The average Bonchev–Trinajstić information content (AvgIpc) is 2.55. The SMILES string of the molecule is O=C1CN(c2ccc(NC(=O)c3cccc(Br)c3)cc2Cl)CCN1. The molecule has 0 radical (unpaired) electrons. The number of carbonyl (C=O) groups excluding carboxylic acids is 2. The molecule has 1 aliphatic rings. The fraction of sp³-hybridized carbons (Fsp3) is 0.176. The molecule has 7 heteroatoms. The summed E-state index contributed by atoms with van der Waals surface area (Å²) < 4.78 is 0.840. The van der Waals surface area contributed by atoms with E-state index in [0.29, 0.717) is 29.4 Å². The van der Waals surface area contributed by atoms with E-state index in [2.05, 4.69) is 26.6 Å². The third kappa shape index (κ3) is 3.88. The van der Waals surface area contributed by atoms with Crippen LogP contribution in [0.5, 0.6) is 0 Å². The molecule has 5 nitrogen and oxygen atoms in total. The van der Waals surface area contributed by atoms with Crippen molar-refractivity contribution in [1.29, 1.82) is 0 Å². The minimum absolute atomic E-state index is 0.0237. The molecule has 124 valence electrons. The van der Waals surface area contributed by atoms with Crippen LogP contribution in [-0.2, 0) is 4.79 Å². The standard InChI is InChI=1S/C17H15BrClN3O2/c18-12-3-1-2-11(8-12)17(24)21-13-4-5-15(14(19)9-13)22-7-6-20-16(23)10-22/h1-5,8-9H,6-7,10H2,(H,20,23)(H,21,24). The van der Waals surface area contributed by atoms with Crippen molar-refractivity contribution in [2.75, 3.05) is 29.9 Å². The predicted octanol–water partition coefficient (Wildman–Crippen LogP) is 3.29. The quantitative estimate of drug-likeness (QED) is 0.819. The van der Waals surface area contributed by atoms with Crippen LogP contribution in [0.3, 0.4) is 0 Å². The van der Waals surface area contributed by atoms with Crippen molar-refractivity contribution in [3.8, 4) is 0 Å². The molecule has 1 fully saturated rings. The first-order chi connectivity index (χ1) is 11.5. The van der Waals surface area contributed by atoms with Gasteiger partial charge in [0.15, 0.2) is 0 Å². The fourth-order valence-electron chi connectivity index (χ4n) is 2.52. The molecule has 0 bridgehead atoms. The van der Waals surface area contributed by atoms with Gasteiger partial charge >= 0.3 is 0 Å². The predicted molar refractivity (Wildman–Crippen MR) is 98.8 cm³/mol. The molecule has 0 unspecified atom stereocenters. The van der Waals surface area contributed by atoms with Gasteiger partial charge in [-0.15, -0.1) is 0 Å². The summed E-state index contributed by atoms with van der Waals surface area (Å²) in [6.45, 7) is 1.58. The second kappa shape index (κ2) is 7.23. The fourth-order valence-corrected chi connectivity index (χ4v) is 3.22. The van der Waals surface area contributed by atoms with Gasteiger partial charge in [0.2, 0.25) is 5.91 Å². The summed E-state index contributed by atoms with van der Waals surface area (Å²) in [6, 6.07) is 12.4. The molecule has 3 rings (SSSR count). The van der Waals surface area contributed by atoms with E-state index in [1.54, 1.807) is 30.3 Å². The van der Waals surface area contributed by atoms with Crippen molar-refractivity contribution in [2.45, 2.75) is 0 Å². The summed E-state index contributed by atoms with van der Waals surface area (Å²) in [7, 11) is 0. The molecule has 0 aromatic heterocycles. The highest BCUT2D eigenvalue weighted by molar-refractivity contribution is 9.10. The lowest BCUT2D eigenvalue weighted by atomic mass is 10.2. The number of nitrogens with zero attached hydrogens (tertiary/aromatic N) is 1. The van der Waals surface area contributed by atoms with Crippen molar-refractivity contribution >= 4 is 50.7 Å². The molecule has 24 heavy (non-hydrogen) atoms. The number of rotatable bonds is 3.